The largest absolute Gasteiger partial charge is 0.494 e. The van der Waals surface area contributed by atoms with Gasteiger partial charge in [0.2, 0.25) is 11.7 Å². The van der Waals surface area contributed by atoms with Gasteiger partial charge in [-0.1, -0.05) is 6.58 Å². The fourth-order valence-electron chi connectivity index (χ4n) is 5.02. The Bertz CT molecular complexity index is 1870. The van der Waals surface area contributed by atoms with Gasteiger partial charge in [0.05, 0.1) is 45.0 Å². The molecule has 0 atom stereocenters. The van der Waals surface area contributed by atoms with Crippen LogP contribution in [0.2, 0.25) is 0 Å². The number of morpholine rings is 1. The summed E-state index contributed by atoms with van der Waals surface area (Å²) in [6, 6.07) is 8.85. The van der Waals surface area contributed by atoms with Crippen LogP contribution in [0.4, 0.5) is 36.5 Å². The molecule has 2 aromatic carbocycles. The second-order valence-electron chi connectivity index (χ2n) is 11.6. The van der Waals surface area contributed by atoms with Crippen LogP contribution in [0, 0.1) is 11.6 Å². The number of rotatable bonds is 9. The molecule has 1 N–H and O–H groups in total. The number of nitrogens with zero attached hydrogens (tertiary/aromatic N) is 3. The molecule has 1 saturated heterocycles. The molecular formula is C34H34F2N4O8. The molecule has 5 rings (SSSR count). The first-order valence-electron chi connectivity index (χ1n) is 14.8. The Balaban J connectivity index is 1.61. The Labute approximate surface area is 274 Å². The predicted octanol–water partition coefficient (Wildman–Crippen LogP) is 6.39. The van der Waals surface area contributed by atoms with Gasteiger partial charge in [-0.3, -0.25) is 9.59 Å². The van der Waals surface area contributed by atoms with Gasteiger partial charge in [-0.25, -0.2) is 23.5 Å². The van der Waals surface area contributed by atoms with Gasteiger partial charge in [0.15, 0.2) is 34.5 Å². The zero-order valence-corrected chi connectivity index (χ0v) is 27.0. The summed E-state index contributed by atoms with van der Waals surface area (Å²) in [6.07, 6.45) is 1.53. The number of hydrogen-bond donors (Lipinski definition) is 1. The third-order valence-electron chi connectivity index (χ3n) is 7.26. The van der Waals surface area contributed by atoms with Gasteiger partial charge in [0.1, 0.15) is 17.0 Å². The minimum absolute atomic E-state index is 0.0326. The molecule has 4 aromatic rings. The molecule has 0 aliphatic carbocycles. The van der Waals surface area contributed by atoms with Crippen molar-refractivity contribution in [3.63, 3.8) is 0 Å². The van der Waals surface area contributed by atoms with E-state index < -0.39 is 57.8 Å². The van der Waals surface area contributed by atoms with Crippen molar-refractivity contribution in [2.45, 2.75) is 26.4 Å². The SMILES string of the molecule is C=CC(=O)Nc1cc(N2CCOCC2)ccc1N(C(=O)OC(C)(C)C)c1cc2cc(C(=O)c3c(F)c(OC)cc(OC)c3F)oc2cn1. The molecule has 0 radical (unpaired) electrons. The fraction of sp³-hybridized carbons (Fsp3) is 0.294. The Morgan fingerprint density at radius 1 is 1.02 bits per heavy atom. The first kappa shape index (κ1) is 33.9. The predicted molar refractivity (Wildman–Crippen MR) is 174 cm³/mol. The number of anilines is 4. The number of furan rings is 1. The van der Waals surface area contributed by atoms with Crippen LogP contribution in [-0.4, -0.2) is 68.9 Å². The molecule has 3 heterocycles. The first-order valence-corrected chi connectivity index (χ1v) is 14.8. The molecule has 0 saturated carbocycles. The fourth-order valence-corrected chi connectivity index (χ4v) is 5.02. The number of carbonyl (C=O) groups excluding carboxylic acids is 3. The van der Waals surface area contributed by atoms with E-state index in [0.29, 0.717) is 26.3 Å². The van der Waals surface area contributed by atoms with Gasteiger partial charge in [0.25, 0.3) is 0 Å². The van der Waals surface area contributed by atoms with E-state index in [-0.39, 0.29) is 28.2 Å². The molecule has 252 valence electrons. The standard InChI is InChI=1S/C34H34F2N4O8/c1-7-28(41)38-21-16-20(39-10-12-46-13-11-39)8-9-22(21)40(33(43)48-34(2,3)4)27-15-19-14-25(47-26(19)18-37-27)32(42)29-30(35)23(44-5)17-24(45-6)31(29)36/h7-9,14-18H,1,10-13H2,2-6H3,(H,38,41). The number of methoxy groups -OCH3 is 2. The van der Waals surface area contributed by atoms with Crippen molar-refractivity contribution in [1.82, 2.24) is 4.98 Å². The molecule has 1 aliphatic rings. The maximum absolute atomic E-state index is 15.1. The van der Waals surface area contributed by atoms with Crippen LogP contribution < -0.4 is 24.6 Å². The van der Waals surface area contributed by atoms with Gasteiger partial charge in [-0.15, -0.1) is 0 Å². The maximum Gasteiger partial charge on any atom is 0.420 e. The number of benzene rings is 2. The van der Waals surface area contributed by atoms with Crippen molar-refractivity contribution >= 4 is 51.6 Å². The first-order chi connectivity index (χ1) is 22.8. The number of ether oxygens (including phenoxy) is 4. The Morgan fingerprint density at radius 2 is 1.69 bits per heavy atom. The van der Waals surface area contributed by atoms with Crippen LogP contribution in [0.1, 0.15) is 36.9 Å². The van der Waals surface area contributed by atoms with Crippen molar-refractivity contribution in [3.05, 3.63) is 78.2 Å². The summed E-state index contributed by atoms with van der Waals surface area (Å²) in [5, 5.41) is 3.04. The summed E-state index contributed by atoms with van der Waals surface area (Å²) in [5.41, 5.74) is -0.505. The topological polar surface area (TPSA) is 133 Å². The van der Waals surface area contributed by atoms with Gasteiger partial charge < -0.3 is 33.6 Å². The van der Waals surface area contributed by atoms with Crippen LogP contribution in [0.3, 0.4) is 0 Å². The number of halogens is 2. The summed E-state index contributed by atoms with van der Waals surface area (Å²) in [6.45, 7) is 10.9. The highest BCUT2D eigenvalue weighted by atomic mass is 19.1. The number of carbonyl (C=O) groups is 3. The van der Waals surface area contributed by atoms with Crippen LogP contribution in [-0.2, 0) is 14.3 Å². The second kappa shape index (κ2) is 13.7. The lowest BCUT2D eigenvalue weighted by Crippen LogP contribution is -2.36. The quantitative estimate of drug-likeness (QED) is 0.159. The zero-order valence-electron chi connectivity index (χ0n) is 27.0. The highest BCUT2D eigenvalue weighted by Gasteiger charge is 2.31. The number of amides is 2. The van der Waals surface area contributed by atoms with E-state index in [1.807, 2.05) is 0 Å². The average Bonchev–Trinajstić information content (AvgIpc) is 3.49. The number of fused-ring (bicyclic) bond motifs is 1. The molecule has 0 unspecified atom stereocenters. The molecule has 0 spiro atoms. The summed E-state index contributed by atoms with van der Waals surface area (Å²) < 4.78 is 57.0. The van der Waals surface area contributed by atoms with E-state index in [1.165, 1.54) is 32.5 Å². The van der Waals surface area contributed by atoms with Gasteiger partial charge in [-0.2, -0.15) is 0 Å². The van der Waals surface area contributed by atoms with E-state index in [4.69, 9.17) is 23.4 Å². The maximum atomic E-state index is 15.1. The third kappa shape index (κ3) is 6.93. The van der Waals surface area contributed by atoms with E-state index in [1.54, 1.807) is 39.0 Å². The molecular weight excluding hydrogens is 630 g/mol. The van der Waals surface area contributed by atoms with Crippen molar-refractivity contribution < 1.29 is 46.5 Å². The van der Waals surface area contributed by atoms with Crippen LogP contribution in [0.15, 0.2) is 59.7 Å². The smallest absolute Gasteiger partial charge is 0.420 e. The Kier molecular flexibility index (Phi) is 9.66. The molecule has 1 fully saturated rings. The van der Waals surface area contributed by atoms with Crippen molar-refractivity contribution in [1.29, 1.82) is 0 Å². The number of hydrogen-bond acceptors (Lipinski definition) is 10. The molecule has 1 aliphatic heterocycles. The van der Waals surface area contributed by atoms with Crippen molar-refractivity contribution in [2.75, 3.05) is 55.6 Å². The van der Waals surface area contributed by atoms with Crippen LogP contribution >= 0.6 is 0 Å². The molecule has 0 bridgehead atoms. The van der Waals surface area contributed by atoms with Crippen LogP contribution in [0.25, 0.3) is 11.0 Å². The van der Waals surface area contributed by atoms with Gasteiger partial charge in [0, 0.05) is 30.2 Å². The van der Waals surface area contributed by atoms with E-state index >= 15 is 8.78 Å². The minimum Gasteiger partial charge on any atom is -0.494 e. The summed E-state index contributed by atoms with van der Waals surface area (Å²) in [5.74, 6) is -5.27. The van der Waals surface area contributed by atoms with Crippen molar-refractivity contribution in [2.24, 2.45) is 0 Å². The third-order valence-corrected chi connectivity index (χ3v) is 7.26. The van der Waals surface area contributed by atoms with E-state index in [2.05, 4.69) is 21.8 Å². The highest BCUT2D eigenvalue weighted by molar-refractivity contribution is 6.10. The summed E-state index contributed by atoms with van der Waals surface area (Å²) in [4.78, 5) is 47.4. The number of ketones is 1. The van der Waals surface area contributed by atoms with E-state index in [0.717, 1.165) is 22.7 Å². The summed E-state index contributed by atoms with van der Waals surface area (Å²) >= 11 is 0. The number of aromatic nitrogens is 1. The zero-order chi connectivity index (χ0) is 34.7. The Hall–Kier alpha value is -5.50. The van der Waals surface area contributed by atoms with Crippen LogP contribution in [0.5, 0.6) is 11.5 Å². The second-order valence-corrected chi connectivity index (χ2v) is 11.6. The molecule has 48 heavy (non-hydrogen) atoms. The van der Waals surface area contributed by atoms with Gasteiger partial charge >= 0.3 is 6.09 Å². The molecule has 2 aromatic heterocycles. The molecule has 2 amide bonds. The average molecular weight is 665 g/mol. The Morgan fingerprint density at radius 3 is 2.29 bits per heavy atom. The van der Waals surface area contributed by atoms with E-state index in [9.17, 15) is 14.4 Å². The lowest BCUT2D eigenvalue weighted by Gasteiger charge is -2.31. The highest BCUT2D eigenvalue weighted by Crippen LogP contribution is 2.38. The van der Waals surface area contributed by atoms with Gasteiger partial charge in [-0.05, 0) is 57.2 Å². The number of nitrogens with one attached hydrogen (secondary N) is 1. The number of pyridine rings is 1. The minimum atomic E-state index is -1.23. The lowest BCUT2D eigenvalue weighted by atomic mass is 10.1. The summed E-state index contributed by atoms with van der Waals surface area (Å²) in [7, 11) is 2.33. The molecule has 14 heteroatoms. The lowest BCUT2D eigenvalue weighted by molar-refractivity contribution is -0.111. The normalized spacial score (nSPS) is 13.2. The monoisotopic (exact) mass is 664 g/mol. The molecule has 12 nitrogen and oxygen atoms in total. The van der Waals surface area contributed by atoms with Crippen molar-refractivity contribution in [3.8, 4) is 11.5 Å².